The van der Waals surface area contributed by atoms with Crippen molar-refractivity contribution in [1.29, 1.82) is 0 Å². The first-order chi connectivity index (χ1) is 10.3. The predicted octanol–water partition coefficient (Wildman–Crippen LogP) is 2.30. The number of thiophene rings is 1. The molecule has 2 N–H and O–H groups in total. The Balaban J connectivity index is 1.65. The van der Waals surface area contributed by atoms with Gasteiger partial charge in [-0.15, -0.1) is 11.3 Å². The molecule has 3 aromatic heterocycles. The second-order valence-electron chi connectivity index (χ2n) is 4.13. The Hall–Kier alpha value is -2.80. The molecule has 0 saturated heterocycles. The van der Waals surface area contributed by atoms with Gasteiger partial charge in [0, 0.05) is 18.0 Å². The molecule has 0 bridgehead atoms. The maximum atomic E-state index is 11.9. The number of nitrogens with zero attached hydrogens (tertiary/aromatic N) is 3. The zero-order valence-electron chi connectivity index (χ0n) is 10.9. The molecular weight excluding hydrogens is 286 g/mol. The topological polar surface area (TPSA) is 83.0 Å². The molecule has 0 unspecified atom stereocenters. The van der Waals surface area contributed by atoms with Crippen LogP contribution in [0.5, 0.6) is 0 Å². The van der Waals surface area contributed by atoms with E-state index in [1.54, 1.807) is 35.9 Å². The van der Waals surface area contributed by atoms with Crippen LogP contribution in [-0.2, 0) is 0 Å². The van der Waals surface area contributed by atoms with Gasteiger partial charge in [0.1, 0.15) is 0 Å². The second kappa shape index (κ2) is 6.10. The lowest BCUT2D eigenvalue weighted by Gasteiger charge is -1.94. The van der Waals surface area contributed by atoms with Crippen LogP contribution in [0.3, 0.4) is 0 Å². The molecule has 0 radical (unpaired) electrons. The average Bonchev–Trinajstić information content (AvgIpc) is 3.19. The van der Waals surface area contributed by atoms with Gasteiger partial charge in [0.25, 0.3) is 5.91 Å². The summed E-state index contributed by atoms with van der Waals surface area (Å²) in [6, 6.07) is 9.23. The van der Waals surface area contributed by atoms with E-state index in [1.165, 1.54) is 6.21 Å². The summed E-state index contributed by atoms with van der Waals surface area (Å²) in [5.74, 6) is -0.366. The third-order valence-corrected chi connectivity index (χ3v) is 3.56. The van der Waals surface area contributed by atoms with Gasteiger partial charge in [-0.25, -0.2) is 5.43 Å². The molecule has 0 aromatic carbocycles. The summed E-state index contributed by atoms with van der Waals surface area (Å²) in [7, 11) is 0. The number of hydrogen-bond acceptors (Lipinski definition) is 5. The Morgan fingerprint density at radius 1 is 1.38 bits per heavy atom. The van der Waals surface area contributed by atoms with Gasteiger partial charge < -0.3 is 0 Å². The summed E-state index contributed by atoms with van der Waals surface area (Å²) in [6.07, 6.45) is 4.85. The molecule has 3 aromatic rings. The van der Waals surface area contributed by atoms with Crippen LogP contribution in [0.2, 0.25) is 0 Å². The fraction of sp³-hybridized carbons (Fsp3) is 0. The summed E-state index contributed by atoms with van der Waals surface area (Å²) >= 11 is 1.58. The van der Waals surface area contributed by atoms with Crippen LogP contribution >= 0.6 is 11.3 Å². The molecule has 1 amide bonds. The molecule has 0 aliphatic carbocycles. The number of aromatic nitrogens is 3. The lowest BCUT2D eigenvalue weighted by atomic mass is 10.3. The van der Waals surface area contributed by atoms with Crippen molar-refractivity contribution in [2.24, 2.45) is 5.10 Å². The van der Waals surface area contributed by atoms with Gasteiger partial charge in [0.2, 0.25) is 0 Å². The van der Waals surface area contributed by atoms with Gasteiger partial charge >= 0.3 is 0 Å². The highest BCUT2D eigenvalue weighted by molar-refractivity contribution is 7.13. The summed E-state index contributed by atoms with van der Waals surface area (Å²) < 4.78 is 0. The number of amides is 1. The van der Waals surface area contributed by atoms with Crippen LogP contribution in [0.25, 0.3) is 10.6 Å². The van der Waals surface area contributed by atoms with Gasteiger partial charge in [-0.3, -0.25) is 14.9 Å². The number of hydrazone groups is 1. The maximum absolute atomic E-state index is 11.9. The quantitative estimate of drug-likeness (QED) is 0.572. The Labute approximate surface area is 124 Å². The largest absolute Gasteiger partial charge is 0.291 e. The summed E-state index contributed by atoms with van der Waals surface area (Å²) in [5.41, 5.74) is 4.34. The number of carbonyl (C=O) groups is 1. The molecule has 104 valence electrons. The van der Waals surface area contributed by atoms with Crippen molar-refractivity contribution in [1.82, 2.24) is 20.6 Å². The Bertz CT molecular complexity index is 749. The normalized spacial score (nSPS) is 10.9. The van der Waals surface area contributed by atoms with Crippen LogP contribution in [0.1, 0.15) is 16.1 Å². The van der Waals surface area contributed by atoms with E-state index in [1.807, 2.05) is 23.6 Å². The molecule has 3 rings (SSSR count). The van der Waals surface area contributed by atoms with Crippen LogP contribution < -0.4 is 5.43 Å². The standard InChI is InChI=1S/C14H11N5OS/c20-14(19-16-9-10-3-1-5-15-8-10)12-7-11(17-18-12)13-4-2-6-21-13/h1-9H,(H,17,18)(H,19,20)/b16-9+. The maximum Gasteiger partial charge on any atom is 0.291 e. The SMILES string of the molecule is O=C(N/N=C/c1cccnc1)c1cc(-c2cccs2)[nH]n1. The number of aromatic amines is 1. The number of rotatable bonds is 4. The third-order valence-electron chi connectivity index (χ3n) is 2.66. The van der Waals surface area contributed by atoms with E-state index in [4.69, 9.17) is 0 Å². The molecule has 3 heterocycles. The minimum atomic E-state index is -0.366. The van der Waals surface area contributed by atoms with Crippen molar-refractivity contribution in [3.8, 4) is 10.6 Å². The van der Waals surface area contributed by atoms with Crippen molar-refractivity contribution >= 4 is 23.5 Å². The van der Waals surface area contributed by atoms with E-state index in [9.17, 15) is 4.79 Å². The van der Waals surface area contributed by atoms with E-state index in [0.717, 1.165) is 16.1 Å². The van der Waals surface area contributed by atoms with E-state index < -0.39 is 0 Å². The van der Waals surface area contributed by atoms with E-state index >= 15 is 0 Å². The summed E-state index contributed by atoms with van der Waals surface area (Å²) in [4.78, 5) is 16.9. The van der Waals surface area contributed by atoms with E-state index in [-0.39, 0.29) is 5.91 Å². The molecule has 0 saturated carbocycles. The Kier molecular flexibility index (Phi) is 3.83. The van der Waals surface area contributed by atoms with Crippen molar-refractivity contribution in [3.05, 3.63) is 59.4 Å². The second-order valence-corrected chi connectivity index (χ2v) is 5.08. The van der Waals surface area contributed by atoms with Crippen LogP contribution in [0.4, 0.5) is 0 Å². The van der Waals surface area contributed by atoms with Gasteiger partial charge in [-0.2, -0.15) is 10.2 Å². The molecule has 0 atom stereocenters. The Morgan fingerprint density at radius 3 is 3.10 bits per heavy atom. The molecule has 0 aliphatic rings. The number of nitrogens with one attached hydrogen (secondary N) is 2. The minimum absolute atomic E-state index is 0.293. The van der Waals surface area contributed by atoms with Gasteiger partial charge in [0.05, 0.1) is 16.8 Å². The molecule has 21 heavy (non-hydrogen) atoms. The number of hydrogen-bond donors (Lipinski definition) is 2. The minimum Gasteiger partial charge on any atom is -0.276 e. The lowest BCUT2D eigenvalue weighted by Crippen LogP contribution is -2.18. The predicted molar refractivity (Wildman–Crippen MR) is 81.2 cm³/mol. The number of pyridine rings is 1. The lowest BCUT2D eigenvalue weighted by molar-refractivity contribution is 0.0950. The molecule has 0 spiro atoms. The fourth-order valence-electron chi connectivity index (χ4n) is 1.67. The summed E-state index contributed by atoms with van der Waals surface area (Å²) in [5, 5.41) is 12.7. The third kappa shape index (κ3) is 3.21. The van der Waals surface area contributed by atoms with E-state index in [2.05, 4.69) is 25.7 Å². The fourth-order valence-corrected chi connectivity index (χ4v) is 2.36. The van der Waals surface area contributed by atoms with Gasteiger partial charge in [-0.05, 0) is 23.6 Å². The van der Waals surface area contributed by atoms with Crippen molar-refractivity contribution in [3.63, 3.8) is 0 Å². The highest BCUT2D eigenvalue weighted by Gasteiger charge is 2.10. The zero-order chi connectivity index (χ0) is 14.5. The average molecular weight is 297 g/mol. The summed E-state index contributed by atoms with van der Waals surface area (Å²) in [6.45, 7) is 0. The first-order valence-corrected chi connectivity index (χ1v) is 7.03. The molecule has 0 fully saturated rings. The first kappa shape index (κ1) is 13.2. The molecule has 0 aliphatic heterocycles. The van der Waals surface area contributed by atoms with Crippen LogP contribution in [0.15, 0.2) is 53.2 Å². The molecule has 7 heteroatoms. The number of H-pyrrole nitrogens is 1. The van der Waals surface area contributed by atoms with Crippen molar-refractivity contribution in [2.45, 2.75) is 0 Å². The van der Waals surface area contributed by atoms with Crippen LogP contribution in [0, 0.1) is 0 Å². The van der Waals surface area contributed by atoms with E-state index in [0.29, 0.717) is 5.69 Å². The highest BCUT2D eigenvalue weighted by atomic mass is 32.1. The van der Waals surface area contributed by atoms with Gasteiger partial charge in [0.15, 0.2) is 5.69 Å². The zero-order valence-corrected chi connectivity index (χ0v) is 11.7. The van der Waals surface area contributed by atoms with Crippen molar-refractivity contribution in [2.75, 3.05) is 0 Å². The Morgan fingerprint density at radius 2 is 2.33 bits per heavy atom. The molecule has 6 nitrogen and oxygen atoms in total. The van der Waals surface area contributed by atoms with Crippen LogP contribution in [-0.4, -0.2) is 27.3 Å². The number of carbonyl (C=O) groups excluding carboxylic acids is 1. The smallest absolute Gasteiger partial charge is 0.276 e. The highest BCUT2D eigenvalue weighted by Crippen LogP contribution is 2.22. The van der Waals surface area contributed by atoms with Crippen molar-refractivity contribution < 1.29 is 4.79 Å². The first-order valence-electron chi connectivity index (χ1n) is 6.15. The molecular formula is C14H11N5OS. The monoisotopic (exact) mass is 297 g/mol. The van der Waals surface area contributed by atoms with Gasteiger partial charge in [-0.1, -0.05) is 12.1 Å².